The van der Waals surface area contributed by atoms with Gasteiger partial charge in [-0.3, -0.25) is 4.79 Å². The van der Waals surface area contributed by atoms with E-state index in [0.29, 0.717) is 5.76 Å². The van der Waals surface area contributed by atoms with Crippen LogP contribution in [0.4, 0.5) is 0 Å². The van der Waals surface area contributed by atoms with Gasteiger partial charge in [-0.15, -0.1) is 0 Å². The van der Waals surface area contributed by atoms with Gasteiger partial charge in [-0.05, 0) is 38.5 Å². The van der Waals surface area contributed by atoms with Gasteiger partial charge in [0, 0.05) is 37.6 Å². The molecule has 3 rings (SSSR count). The molecule has 1 saturated heterocycles. The van der Waals surface area contributed by atoms with E-state index in [2.05, 4.69) is 14.7 Å². The summed E-state index contributed by atoms with van der Waals surface area (Å²) in [6.45, 7) is 7.77. The number of hydrogen-bond donors (Lipinski definition) is 0. The van der Waals surface area contributed by atoms with Gasteiger partial charge < -0.3 is 14.0 Å². The molecule has 2 aromatic heterocycles. The second-order valence-corrected chi connectivity index (χ2v) is 6.88. The lowest BCUT2D eigenvalue weighted by atomic mass is 9.98. The van der Waals surface area contributed by atoms with Gasteiger partial charge in [0.15, 0.2) is 0 Å². The third kappa shape index (κ3) is 3.52. The molecule has 0 spiro atoms. The summed E-state index contributed by atoms with van der Waals surface area (Å²) in [4.78, 5) is 19.1. The number of carbonyl (C=O) groups excluding carboxylic acids is 1. The van der Waals surface area contributed by atoms with Crippen molar-refractivity contribution < 1.29 is 9.32 Å². The molecule has 1 aliphatic rings. The number of carbonyl (C=O) groups is 1. The summed E-state index contributed by atoms with van der Waals surface area (Å²) in [5, 5.41) is 4.02. The van der Waals surface area contributed by atoms with Crippen molar-refractivity contribution in [3.05, 3.63) is 35.7 Å². The van der Waals surface area contributed by atoms with Crippen molar-refractivity contribution in [2.45, 2.75) is 65.0 Å². The van der Waals surface area contributed by atoms with Crippen LogP contribution in [0.5, 0.6) is 0 Å². The molecule has 0 unspecified atom stereocenters. The van der Waals surface area contributed by atoms with E-state index < -0.39 is 0 Å². The normalized spacial score (nSPS) is 18.3. The highest BCUT2D eigenvalue weighted by atomic mass is 16.5. The van der Waals surface area contributed by atoms with E-state index in [0.717, 1.165) is 43.9 Å². The van der Waals surface area contributed by atoms with Gasteiger partial charge in [0.05, 0.1) is 5.69 Å². The summed E-state index contributed by atoms with van der Waals surface area (Å²) in [6.07, 6.45) is 8.03. The Balaban J connectivity index is 1.69. The summed E-state index contributed by atoms with van der Waals surface area (Å²) in [6, 6.07) is 2.04. The Morgan fingerprint density at radius 1 is 1.42 bits per heavy atom. The molecule has 1 aliphatic heterocycles. The van der Waals surface area contributed by atoms with Crippen LogP contribution in [0.15, 0.2) is 23.0 Å². The van der Waals surface area contributed by atoms with Gasteiger partial charge in [-0.25, -0.2) is 4.98 Å². The maximum Gasteiger partial charge on any atom is 0.292 e. The monoisotopic (exact) mass is 330 g/mol. The zero-order chi connectivity index (χ0) is 17.1. The van der Waals surface area contributed by atoms with Gasteiger partial charge >= 0.3 is 0 Å². The van der Waals surface area contributed by atoms with Gasteiger partial charge in [0.2, 0.25) is 5.76 Å². The largest absolute Gasteiger partial charge is 0.351 e. The first-order valence-electron chi connectivity index (χ1n) is 8.81. The molecule has 0 N–H and O–H groups in total. The fraction of sp³-hybridized carbons (Fsp3) is 0.611. The molecule has 6 nitrogen and oxygen atoms in total. The van der Waals surface area contributed by atoms with Gasteiger partial charge in [-0.1, -0.05) is 19.0 Å². The molecule has 0 aliphatic carbocycles. The van der Waals surface area contributed by atoms with Crippen LogP contribution in [0.1, 0.15) is 67.5 Å². The quantitative estimate of drug-likeness (QED) is 0.843. The van der Waals surface area contributed by atoms with E-state index in [-0.39, 0.29) is 17.9 Å². The molecule has 0 aromatic carbocycles. The van der Waals surface area contributed by atoms with Crippen molar-refractivity contribution in [1.82, 2.24) is 19.6 Å². The Morgan fingerprint density at radius 2 is 2.25 bits per heavy atom. The Kier molecular flexibility index (Phi) is 5.02. The second kappa shape index (κ2) is 7.20. The molecule has 0 bridgehead atoms. The van der Waals surface area contributed by atoms with Gasteiger partial charge in [-0.2, -0.15) is 0 Å². The molecule has 130 valence electrons. The van der Waals surface area contributed by atoms with Crippen molar-refractivity contribution in [3.8, 4) is 0 Å². The topological polar surface area (TPSA) is 64.2 Å². The van der Waals surface area contributed by atoms with Crippen molar-refractivity contribution in [2.24, 2.45) is 0 Å². The lowest BCUT2D eigenvalue weighted by molar-refractivity contribution is 0.0553. The summed E-state index contributed by atoms with van der Waals surface area (Å²) < 4.78 is 7.44. The number of rotatable bonds is 5. The van der Waals surface area contributed by atoms with Crippen molar-refractivity contribution in [2.75, 3.05) is 6.54 Å². The number of piperidine rings is 1. The van der Waals surface area contributed by atoms with E-state index in [1.807, 2.05) is 38.1 Å². The van der Waals surface area contributed by atoms with Crippen LogP contribution in [0, 0.1) is 6.92 Å². The zero-order valence-electron chi connectivity index (χ0n) is 14.7. The summed E-state index contributed by atoms with van der Waals surface area (Å²) in [7, 11) is 0. The molecule has 1 amide bonds. The minimum Gasteiger partial charge on any atom is -0.351 e. The first kappa shape index (κ1) is 16.7. The number of imidazole rings is 1. The predicted octanol–water partition coefficient (Wildman–Crippen LogP) is 3.39. The van der Waals surface area contributed by atoms with Gasteiger partial charge in [0.1, 0.15) is 5.82 Å². The van der Waals surface area contributed by atoms with Crippen molar-refractivity contribution >= 4 is 5.91 Å². The fourth-order valence-corrected chi connectivity index (χ4v) is 3.30. The van der Waals surface area contributed by atoms with E-state index >= 15 is 0 Å². The zero-order valence-corrected chi connectivity index (χ0v) is 14.7. The third-order valence-electron chi connectivity index (χ3n) is 4.85. The van der Waals surface area contributed by atoms with E-state index in [1.54, 1.807) is 6.07 Å². The van der Waals surface area contributed by atoms with Crippen molar-refractivity contribution in [3.63, 3.8) is 0 Å². The molecular weight excluding hydrogens is 304 g/mol. The molecule has 1 fully saturated rings. The highest BCUT2D eigenvalue weighted by Gasteiger charge is 2.29. The molecular formula is C18H26N4O2. The summed E-state index contributed by atoms with van der Waals surface area (Å²) in [5.74, 6) is 1.61. The summed E-state index contributed by atoms with van der Waals surface area (Å²) in [5.41, 5.74) is 0.834. The van der Waals surface area contributed by atoms with E-state index in [9.17, 15) is 4.79 Å². The molecule has 6 heteroatoms. The maximum atomic E-state index is 12.8. The van der Waals surface area contributed by atoms with Gasteiger partial charge in [0.25, 0.3) is 5.91 Å². The number of likely N-dealkylation sites (tertiary alicyclic amines) is 1. The van der Waals surface area contributed by atoms with Crippen LogP contribution in [0.3, 0.4) is 0 Å². The van der Waals surface area contributed by atoms with Crippen LogP contribution in [0.25, 0.3) is 0 Å². The Morgan fingerprint density at radius 3 is 2.92 bits per heavy atom. The maximum absolute atomic E-state index is 12.8. The van der Waals surface area contributed by atoms with E-state index in [4.69, 9.17) is 4.52 Å². The van der Waals surface area contributed by atoms with Crippen LogP contribution in [-0.4, -0.2) is 38.1 Å². The highest BCUT2D eigenvalue weighted by molar-refractivity contribution is 5.91. The molecule has 2 aromatic rings. The summed E-state index contributed by atoms with van der Waals surface area (Å²) >= 11 is 0. The number of aromatic nitrogens is 3. The average molecular weight is 330 g/mol. The van der Waals surface area contributed by atoms with Crippen LogP contribution < -0.4 is 0 Å². The number of nitrogens with zero attached hydrogens (tertiary/aromatic N) is 4. The first-order chi connectivity index (χ1) is 11.6. The molecule has 24 heavy (non-hydrogen) atoms. The first-order valence-corrected chi connectivity index (χ1v) is 8.81. The molecule has 0 radical (unpaired) electrons. The average Bonchev–Trinajstić information content (AvgIpc) is 3.22. The fourth-order valence-electron chi connectivity index (χ4n) is 3.30. The number of aryl methyl sites for hydroxylation is 2. The minimum atomic E-state index is -0.0264. The Hall–Kier alpha value is -2.11. The predicted molar refractivity (Wildman–Crippen MR) is 90.8 cm³/mol. The standard InChI is InChI=1S/C18H26N4O2/c1-13(2)16-12-17(24-20-16)18(23)22-9-5-4-6-15(22)7-10-21-11-8-19-14(21)3/h8,11-13,15H,4-7,9-10H2,1-3H3/t15-/m0/s1. The highest BCUT2D eigenvalue weighted by Crippen LogP contribution is 2.24. The second-order valence-electron chi connectivity index (χ2n) is 6.88. The SMILES string of the molecule is Cc1nccn1CC[C@@H]1CCCCN1C(=O)c1cc(C(C)C)no1. The Bertz CT molecular complexity index is 689. The minimum absolute atomic E-state index is 0.0264. The van der Waals surface area contributed by atoms with Crippen molar-refractivity contribution in [1.29, 1.82) is 0 Å². The number of amides is 1. The van der Waals surface area contributed by atoms with Crippen LogP contribution in [-0.2, 0) is 6.54 Å². The third-order valence-corrected chi connectivity index (χ3v) is 4.85. The molecule has 1 atom stereocenters. The lowest BCUT2D eigenvalue weighted by Crippen LogP contribution is -2.44. The smallest absolute Gasteiger partial charge is 0.292 e. The van der Waals surface area contributed by atoms with Crippen LogP contribution in [0.2, 0.25) is 0 Å². The molecule has 3 heterocycles. The molecule has 0 saturated carbocycles. The van der Waals surface area contributed by atoms with E-state index in [1.165, 1.54) is 6.42 Å². The Labute approximate surface area is 142 Å². The van der Waals surface area contributed by atoms with Crippen LogP contribution >= 0.6 is 0 Å². The lowest BCUT2D eigenvalue weighted by Gasteiger charge is -2.35. The number of hydrogen-bond acceptors (Lipinski definition) is 4.